The van der Waals surface area contributed by atoms with Gasteiger partial charge in [-0.3, -0.25) is 14.4 Å². The summed E-state index contributed by atoms with van der Waals surface area (Å²) < 4.78 is 7.04. The number of nitrogens with one attached hydrogen (secondary N) is 2. The molecule has 34 heavy (non-hydrogen) atoms. The first kappa shape index (κ1) is 22.7. The van der Waals surface area contributed by atoms with Crippen molar-refractivity contribution in [3.63, 3.8) is 0 Å². The number of piperidine rings is 1. The number of fused-ring (bicyclic) bond motifs is 8. The lowest BCUT2D eigenvalue weighted by molar-refractivity contribution is -0.126. The predicted molar refractivity (Wildman–Crippen MR) is 130 cm³/mol. The van der Waals surface area contributed by atoms with E-state index in [2.05, 4.69) is 27.7 Å². The Hall–Kier alpha value is -3.13. The van der Waals surface area contributed by atoms with Crippen LogP contribution in [0, 0.1) is 11.8 Å². The smallest absolute Gasteiger partial charge is 0.250 e. The summed E-state index contributed by atoms with van der Waals surface area (Å²) in [5, 5.41) is 5.99. The maximum Gasteiger partial charge on any atom is 0.250 e. The van der Waals surface area contributed by atoms with Crippen LogP contribution in [0.25, 0.3) is 0 Å². The Balaban J connectivity index is 1.53. The number of benzene rings is 1. The lowest BCUT2D eigenvalue weighted by atomic mass is 9.69. The molecule has 1 aromatic carbocycles. The average molecular weight is 465 g/mol. The van der Waals surface area contributed by atoms with Gasteiger partial charge in [0.25, 0.3) is 5.56 Å². The first-order valence-corrected chi connectivity index (χ1v) is 12.1. The molecule has 4 atom stereocenters. The number of carbonyl (C=O) groups is 2. The number of pyridine rings is 1. The van der Waals surface area contributed by atoms with E-state index in [1.54, 1.807) is 13.2 Å². The van der Waals surface area contributed by atoms with Crippen molar-refractivity contribution in [1.82, 2.24) is 9.88 Å². The van der Waals surface area contributed by atoms with E-state index in [1.165, 1.54) is 6.92 Å². The zero-order valence-corrected chi connectivity index (χ0v) is 19.8. The molecule has 8 heteroatoms. The third-order valence-corrected chi connectivity index (χ3v) is 7.44. The van der Waals surface area contributed by atoms with Crippen LogP contribution in [0.3, 0.4) is 0 Å². The van der Waals surface area contributed by atoms with Gasteiger partial charge >= 0.3 is 0 Å². The standard InChI is InChI=1S/C26H32N4O4/c1-16(31)28-19-7-8-22-18(12-19)13-21(26(33)27-9-4-10-34-2)25-20-11-17(15-30(22)25)14-29-23(20)5-3-6-24(29)32/h3,5-8,12,17,20-21,25H,4,9-11,13-15H2,1-2H3,(H,27,33)(H,28,31)/t17-,20+,21?,25?/m0/s1. The van der Waals surface area contributed by atoms with Gasteiger partial charge in [0, 0.05) is 75.4 Å². The first-order chi connectivity index (χ1) is 16.5. The number of aromatic nitrogens is 1. The summed E-state index contributed by atoms with van der Waals surface area (Å²) in [5.74, 6) is 0.126. The van der Waals surface area contributed by atoms with Gasteiger partial charge in [-0.2, -0.15) is 0 Å². The van der Waals surface area contributed by atoms with Gasteiger partial charge in [-0.1, -0.05) is 6.07 Å². The van der Waals surface area contributed by atoms with E-state index >= 15 is 0 Å². The highest BCUT2D eigenvalue weighted by Gasteiger charge is 2.49. The van der Waals surface area contributed by atoms with Crippen molar-refractivity contribution in [2.24, 2.45) is 11.8 Å². The Morgan fingerprint density at radius 1 is 1.18 bits per heavy atom. The minimum Gasteiger partial charge on any atom is -0.385 e. The van der Waals surface area contributed by atoms with Crippen LogP contribution in [-0.2, 0) is 27.3 Å². The summed E-state index contributed by atoms with van der Waals surface area (Å²) in [6, 6.07) is 11.5. The highest BCUT2D eigenvalue weighted by molar-refractivity contribution is 5.89. The second-order valence-electron chi connectivity index (χ2n) is 9.72. The molecule has 0 radical (unpaired) electrons. The van der Waals surface area contributed by atoms with Crippen molar-refractivity contribution in [3.8, 4) is 0 Å². The maximum atomic E-state index is 13.5. The monoisotopic (exact) mass is 464 g/mol. The molecule has 8 nitrogen and oxygen atoms in total. The topological polar surface area (TPSA) is 92.7 Å². The number of hydrogen-bond acceptors (Lipinski definition) is 5. The average Bonchev–Trinajstić information content (AvgIpc) is 2.81. The molecule has 2 bridgehead atoms. The molecule has 180 valence electrons. The Kier molecular flexibility index (Phi) is 6.16. The Labute approximate surface area is 199 Å². The third kappa shape index (κ3) is 4.11. The molecule has 2 amide bonds. The Morgan fingerprint density at radius 2 is 2.03 bits per heavy atom. The van der Waals surface area contributed by atoms with Crippen LogP contribution in [0.5, 0.6) is 0 Å². The lowest BCUT2D eigenvalue weighted by Crippen LogP contribution is -2.60. The summed E-state index contributed by atoms with van der Waals surface area (Å²) in [6.07, 6.45) is 2.34. The number of amides is 2. The summed E-state index contributed by atoms with van der Waals surface area (Å²) in [6.45, 7) is 4.18. The molecule has 0 aliphatic carbocycles. The Morgan fingerprint density at radius 3 is 2.82 bits per heavy atom. The summed E-state index contributed by atoms with van der Waals surface area (Å²) in [4.78, 5) is 40.1. The van der Waals surface area contributed by atoms with Gasteiger partial charge in [0.15, 0.2) is 0 Å². The quantitative estimate of drug-likeness (QED) is 0.639. The molecule has 4 heterocycles. The third-order valence-electron chi connectivity index (χ3n) is 7.44. The zero-order chi connectivity index (χ0) is 23.8. The van der Waals surface area contributed by atoms with Gasteiger partial charge in [0.2, 0.25) is 11.8 Å². The fourth-order valence-electron chi connectivity index (χ4n) is 6.16. The molecule has 0 spiro atoms. The van der Waals surface area contributed by atoms with Gasteiger partial charge < -0.3 is 24.8 Å². The molecular formula is C26H32N4O4. The van der Waals surface area contributed by atoms with Crippen molar-refractivity contribution in [2.45, 2.75) is 44.7 Å². The van der Waals surface area contributed by atoms with E-state index in [-0.39, 0.29) is 35.3 Å². The van der Waals surface area contributed by atoms with Crippen LogP contribution in [0.1, 0.15) is 36.9 Å². The van der Waals surface area contributed by atoms with Crippen LogP contribution in [0.15, 0.2) is 41.2 Å². The van der Waals surface area contributed by atoms with Crippen molar-refractivity contribution in [3.05, 3.63) is 58.0 Å². The molecule has 5 rings (SSSR count). The zero-order valence-electron chi connectivity index (χ0n) is 19.8. The van der Waals surface area contributed by atoms with Crippen LogP contribution >= 0.6 is 0 Å². The maximum absolute atomic E-state index is 13.5. The SMILES string of the molecule is COCCCNC(=O)C1Cc2cc(NC(C)=O)ccc2N2C[C@H]3C[C@H](c4cccc(=O)n4C3)C12. The molecule has 3 aliphatic rings. The molecule has 2 N–H and O–H groups in total. The first-order valence-electron chi connectivity index (χ1n) is 12.1. The van der Waals surface area contributed by atoms with Gasteiger partial charge in [0.05, 0.1) is 5.92 Å². The van der Waals surface area contributed by atoms with E-state index in [1.807, 2.05) is 22.8 Å². The summed E-state index contributed by atoms with van der Waals surface area (Å²) >= 11 is 0. The van der Waals surface area contributed by atoms with Crippen molar-refractivity contribution < 1.29 is 14.3 Å². The van der Waals surface area contributed by atoms with E-state index < -0.39 is 0 Å². The summed E-state index contributed by atoms with van der Waals surface area (Å²) in [5.41, 5.74) is 4.03. The minimum absolute atomic E-state index is 0.0221. The van der Waals surface area contributed by atoms with Crippen LogP contribution in [0.2, 0.25) is 0 Å². The summed E-state index contributed by atoms with van der Waals surface area (Å²) in [7, 11) is 1.66. The van der Waals surface area contributed by atoms with Crippen LogP contribution in [0.4, 0.5) is 11.4 Å². The van der Waals surface area contributed by atoms with E-state index in [9.17, 15) is 14.4 Å². The second-order valence-corrected chi connectivity index (χ2v) is 9.72. The molecule has 3 aliphatic heterocycles. The van der Waals surface area contributed by atoms with E-state index in [0.717, 1.165) is 42.0 Å². The van der Waals surface area contributed by atoms with Crippen LogP contribution < -0.4 is 21.1 Å². The number of anilines is 2. The lowest BCUT2D eigenvalue weighted by Gasteiger charge is -2.54. The van der Waals surface area contributed by atoms with Crippen molar-refractivity contribution in [2.75, 3.05) is 37.0 Å². The van der Waals surface area contributed by atoms with E-state index in [4.69, 9.17) is 4.74 Å². The molecule has 1 saturated heterocycles. The molecule has 2 aromatic rings. The molecule has 1 fully saturated rings. The van der Waals surface area contributed by atoms with Crippen LogP contribution in [-0.4, -0.2) is 49.2 Å². The highest BCUT2D eigenvalue weighted by atomic mass is 16.5. The van der Waals surface area contributed by atoms with Crippen molar-refractivity contribution in [1.29, 1.82) is 0 Å². The minimum atomic E-state index is -0.254. The number of hydrogen-bond donors (Lipinski definition) is 2. The molecule has 2 unspecified atom stereocenters. The van der Waals surface area contributed by atoms with Gasteiger partial charge in [-0.05, 0) is 55.0 Å². The molecule has 1 aromatic heterocycles. The second kappa shape index (κ2) is 9.25. The van der Waals surface area contributed by atoms with Crippen molar-refractivity contribution >= 4 is 23.2 Å². The fourth-order valence-corrected chi connectivity index (χ4v) is 6.16. The number of ether oxygens (including phenoxy) is 1. The number of methoxy groups -OCH3 is 1. The number of rotatable bonds is 6. The Bertz CT molecular complexity index is 1160. The fraction of sp³-hybridized carbons (Fsp3) is 0.500. The number of nitrogens with zero attached hydrogens (tertiary/aromatic N) is 2. The van der Waals surface area contributed by atoms with Gasteiger partial charge in [-0.25, -0.2) is 0 Å². The molecular weight excluding hydrogens is 432 g/mol. The highest BCUT2D eigenvalue weighted by Crippen LogP contribution is 2.48. The van der Waals surface area contributed by atoms with Gasteiger partial charge in [-0.15, -0.1) is 0 Å². The predicted octanol–water partition coefficient (Wildman–Crippen LogP) is 2.12. The molecule has 0 saturated carbocycles. The normalized spacial score (nSPS) is 24.5. The number of carbonyl (C=O) groups excluding carboxylic acids is 2. The largest absolute Gasteiger partial charge is 0.385 e. The van der Waals surface area contributed by atoms with E-state index in [0.29, 0.717) is 32.0 Å². The van der Waals surface area contributed by atoms with Gasteiger partial charge in [0.1, 0.15) is 0 Å².